The van der Waals surface area contributed by atoms with Gasteiger partial charge in [0.1, 0.15) is 0 Å². The fourth-order valence-electron chi connectivity index (χ4n) is 1.69. The van der Waals surface area contributed by atoms with E-state index in [1.54, 1.807) is 12.1 Å². The van der Waals surface area contributed by atoms with Crippen molar-refractivity contribution in [1.29, 1.82) is 0 Å². The number of non-ortho nitro benzene ring substituents is 2. The van der Waals surface area contributed by atoms with Crippen LogP contribution in [0.2, 0.25) is 0 Å². The van der Waals surface area contributed by atoms with E-state index in [0.717, 1.165) is 0 Å². The van der Waals surface area contributed by atoms with Crippen LogP contribution < -0.4 is 5.73 Å². The Morgan fingerprint density at radius 2 is 1.35 bits per heavy atom. The van der Waals surface area contributed by atoms with Crippen LogP contribution in [-0.2, 0) is 0 Å². The molecule has 0 bridgehead atoms. The van der Waals surface area contributed by atoms with Crippen LogP contribution in [0.1, 0.15) is 0 Å². The number of nitrogens with two attached hydrogens (primary N) is 1. The minimum Gasteiger partial charge on any atom is -0.398 e. The van der Waals surface area contributed by atoms with Gasteiger partial charge in [0.05, 0.1) is 9.85 Å². The normalized spacial score (nSPS) is 9.60. The van der Waals surface area contributed by atoms with E-state index in [0.29, 0.717) is 11.1 Å². The number of anilines is 1. The Kier molecular flexibility index (Phi) is 4.60. The maximum Gasteiger partial charge on any atom is 0.271 e. The van der Waals surface area contributed by atoms with Crippen LogP contribution in [0.5, 0.6) is 0 Å². The molecule has 2 aromatic carbocycles. The first-order valence-corrected chi connectivity index (χ1v) is 5.28. The summed E-state index contributed by atoms with van der Waals surface area (Å²) in [5, 5.41) is 21.1. The van der Waals surface area contributed by atoms with Gasteiger partial charge in [-0.15, -0.1) is 12.4 Å². The van der Waals surface area contributed by atoms with Crippen LogP contribution in [-0.4, -0.2) is 9.85 Å². The number of nitro benzene ring substituents is 2. The van der Waals surface area contributed by atoms with Crippen LogP contribution >= 0.6 is 12.4 Å². The van der Waals surface area contributed by atoms with Crippen molar-refractivity contribution in [2.45, 2.75) is 0 Å². The molecule has 0 radical (unpaired) electrons. The summed E-state index contributed by atoms with van der Waals surface area (Å²) < 4.78 is 0. The Balaban J connectivity index is 0.00000200. The van der Waals surface area contributed by atoms with E-state index >= 15 is 0 Å². The first-order valence-electron chi connectivity index (χ1n) is 5.28. The number of hydrogen-bond acceptors (Lipinski definition) is 5. The number of benzene rings is 2. The van der Waals surface area contributed by atoms with E-state index in [9.17, 15) is 20.2 Å². The monoisotopic (exact) mass is 295 g/mol. The van der Waals surface area contributed by atoms with Gasteiger partial charge in [0.2, 0.25) is 0 Å². The van der Waals surface area contributed by atoms with Gasteiger partial charge in [0.15, 0.2) is 0 Å². The molecule has 0 amide bonds. The minimum absolute atomic E-state index is 0. The first-order chi connectivity index (χ1) is 8.99. The zero-order chi connectivity index (χ0) is 14.0. The molecule has 0 unspecified atom stereocenters. The lowest BCUT2D eigenvalue weighted by atomic mass is 10.0. The second-order valence-electron chi connectivity index (χ2n) is 3.83. The van der Waals surface area contributed by atoms with E-state index in [-0.39, 0.29) is 29.5 Å². The lowest BCUT2D eigenvalue weighted by molar-refractivity contribution is -0.385. The van der Waals surface area contributed by atoms with Gasteiger partial charge in [-0.1, -0.05) is 0 Å². The summed E-state index contributed by atoms with van der Waals surface area (Å²) >= 11 is 0. The van der Waals surface area contributed by atoms with E-state index in [1.807, 2.05) is 0 Å². The zero-order valence-electron chi connectivity index (χ0n) is 10.1. The second-order valence-corrected chi connectivity index (χ2v) is 3.83. The van der Waals surface area contributed by atoms with Gasteiger partial charge in [-0.25, -0.2) is 0 Å². The summed E-state index contributed by atoms with van der Waals surface area (Å²) in [5.41, 5.74) is 7.15. The molecule has 0 fully saturated rings. The first kappa shape index (κ1) is 15.4. The Morgan fingerprint density at radius 3 is 1.80 bits per heavy atom. The summed E-state index contributed by atoms with van der Waals surface area (Å²) in [6.45, 7) is 0. The van der Waals surface area contributed by atoms with Crippen molar-refractivity contribution in [3.63, 3.8) is 0 Å². The van der Waals surface area contributed by atoms with Crippen LogP contribution in [0.15, 0.2) is 42.5 Å². The molecule has 2 rings (SSSR count). The predicted octanol–water partition coefficient (Wildman–Crippen LogP) is 3.17. The van der Waals surface area contributed by atoms with Crippen molar-refractivity contribution in [2.75, 3.05) is 5.73 Å². The third kappa shape index (κ3) is 3.01. The van der Waals surface area contributed by atoms with Crippen LogP contribution in [0.3, 0.4) is 0 Å². The smallest absolute Gasteiger partial charge is 0.271 e. The molecule has 2 aromatic rings. The number of nitro groups is 2. The second kappa shape index (κ2) is 5.98. The Bertz CT molecular complexity index is 658. The molecule has 8 heteroatoms. The summed E-state index contributed by atoms with van der Waals surface area (Å²) in [6, 6.07) is 9.94. The van der Waals surface area contributed by atoms with E-state index in [4.69, 9.17) is 5.73 Å². The molecule has 20 heavy (non-hydrogen) atoms. The molecule has 0 atom stereocenters. The molecule has 0 aliphatic rings. The van der Waals surface area contributed by atoms with Gasteiger partial charge in [0, 0.05) is 35.5 Å². The standard InChI is InChI=1S/C12H9N3O4.ClH/c13-12-7-10(15(18)19)5-6-11(12)8-1-3-9(4-2-8)14(16)17;/h1-7H,13H2;1H. The minimum atomic E-state index is -0.532. The lowest BCUT2D eigenvalue weighted by Crippen LogP contribution is -1.94. The molecule has 0 aliphatic carbocycles. The average molecular weight is 296 g/mol. The maximum atomic E-state index is 10.6. The van der Waals surface area contributed by atoms with Gasteiger partial charge in [-0.05, 0) is 23.8 Å². The van der Waals surface area contributed by atoms with Gasteiger partial charge < -0.3 is 5.73 Å². The molecular weight excluding hydrogens is 286 g/mol. The van der Waals surface area contributed by atoms with Gasteiger partial charge in [-0.2, -0.15) is 0 Å². The maximum absolute atomic E-state index is 10.6. The molecule has 104 valence electrons. The molecule has 0 aliphatic heterocycles. The van der Waals surface area contributed by atoms with Gasteiger partial charge >= 0.3 is 0 Å². The summed E-state index contributed by atoms with van der Waals surface area (Å²) in [6.07, 6.45) is 0. The number of nitrogen functional groups attached to an aromatic ring is 1. The molecule has 0 aromatic heterocycles. The van der Waals surface area contributed by atoms with Gasteiger partial charge in [0.25, 0.3) is 11.4 Å². The molecule has 0 spiro atoms. The molecule has 2 N–H and O–H groups in total. The van der Waals surface area contributed by atoms with Crippen LogP contribution in [0.4, 0.5) is 17.1 Å². The van der Waals surface area contributed by atoms with Crippen molar-refractivity contribution < 1.29 is 9.85 Å². The van der Waals surface area contributed by atoms with Gasteiger partial charge in [-0.3, -0.25) is 20.2 Å². The quantitative estimate of drug-likeness (QED) is 0.531. The van der Waals surface area contributed by atoms with E-state index in [1.165, 1.54) is 30.3 Å². The fraction of sp³-hybridized carbons (Fsp3) is 0. The zero-order valence-corrected chi connectivity index (χ0v) is 10.9. The van der Waals surface area contributed by atoms with Crippen molar-refractivity contribution in [3.05, 3.63) is 62.7 Å². The Hall–Kier alpha value is -2.67. The van der Waals surface area contributed by atoms with Crippen molar-refractivity contribution in [2.24, 2.45) is 0 Å². The summed E-state index contributed by atoms with van der Waals surface area (Å²) in [4.78, 5) is 20.1. The number of halogens is 1. The topological polar surface area (TPSA) is 112 Å². The fourth-order valence-corrected chi connectivity index (χ4v) is 1.69. The molecule has 0 saturated carbocycles. The van der Waals surface area contributed by atoms with Crippen LogP contribution in [0, 0.1) is 20.2 Å². The Labute approximate surface area is 119 Å². The number of rotatable bonds is 3. The third-order valence-electron chi connectivity index (χ3n) is 2.64. The summed E-state index contributed by atoms with van der Waals surface area (Å²) in [5.74, 6) is 0. The lowest BCUT2D eigenvalue weighted by Gasteiger charge is -2.05. The molecule has 0 saturated heterocycles. The van der Waals surface area contributed by atoms with Crippen molar-refractivity contribution in [3.8, 4) is 11.1 Å². The highest BCUT2D eigenvalue weighted by Crippen LogP contribution is 2.30. The van der Waals surface area contributed by atoms with E-state index in [2.05, 4.69) is 0 Å². The predicted molar refractivity (Wildman–Crippen MR) is 76.8 cm³/mol. The number of hydrogen-bond donors (Lipinski definition) is 1. The molecule has 0 heterocycles. The molecular formula is C12H10ClN3O4. The number of nitrogens with zero attached hydrogens (tertiary/aromatic N) is 2. The SMILES string of the molecule is Cl.Nc1cc([N+](=O)[O-])ccc1-c1ccc([N+](=O)[O-])cc1. The third-order valence-corrected chi connectivity index (χ3v) is 2.64. The molecule has 7 nitrogen and oxygen atoms in total. The highest BCUT2D eigenvalue weighted by Gasteiger charge is 2.11. The van der Waals surface area contributed by atoms with Crippen molar-refractivity contribution >= 4 is 29.5 Å². The average Bonchev–Trinajstić information content (AvgIpc) is 2.38. The van der Waals surface area contributed by atoms with Crippen molar-refractivity contribution in [1.82, 2.24) is 0 Å². The highest BCUT2D eigenvalue weighted by atomic mass is 35.5. The Morgan fingerprint density at radius 1 is 0.850 bits per heavy atom. The highest BCUT2D eigenvalue weighted by molar-refractivity contribution is 5.85. The largest absolute Gasteiger partial charge is 0.398 e. The summed E-state index contributed by atoms with van der Waals surface area (Å²) in [7, 11) is 0. The van der Waals surface area contributed by atoms with Crippen LogP contribution in [0.25, 0.3) is 11.1 Å². The van der Waals surface area contributed by atoms with E-state index < -0.39 is 9.85 Å².